The SMILES string of the molecule is COc1ccc(OCC(C)NC(=O)COc2ccc(C(C)(C)C)cc2)cc1. The fourth-order valence-corrected chi connectivity index (χ4v) is 2.45. The van der Waals surface area contributed by atoms with Crippen molar-refractivity contribution in [2.45, 2.75) is 39.2 Å². The number of hydrogen-bond donors (Lipinski definition) is 1. The Morgan fingerprint density at radius 3 is 2.00 bits per heavy atom. The molecule has 5 nitrogen and oxygen atoms in total. The van der Waals surface area contributed by atoms with Crippen molar-refractivity contribution < 1.29 is 19.0 Å². The van der Waals surface area contributed by atoms with Gasteiger partial charge in [-0.05, 0) is 54.3 Å². The molecule has 1 N–H and O–H groups in total. The molecule has 2 rings (SSSR count). The zero-order valence-corrected chi connectivity index (χ0v) is 16.7. The molecule has 0 saturated carbocycles. The van der Waals surface area contributed by atoms with Gasteiger partial charge in [-0.15, -0.1) is 0 Å². The van der Waals surface area contributed by atoms with Crippen LogP contribution in [-0.2, 0) is 10.2 Å². The summed E-state index contributed by atoms with van der Waals surface area (Å²) >= 11 is 0. The van der Waals surface area contributed by atoms with E-state index in [2.05, 4.69) is 26.1 Å². The molecule has 0 radical (unpaired) electrons. The van der Waals surface area contributed by atoms with Gasteiger partial charge in [-0.2, -0.15) is 0 Å². The summed E-state index contributed by atoms with van der Waals surface area (Å²) in [7, 11) is 1.62. The van der Waals surface area contributed by atoms with Gasteiger partial charge in [0.05, 0.1) is 13.2 Å². The van der Waals surface area contributed by atoms with Crippen molar-refractivity contribution >= 4 is 5.91 Å². The summed E-state index contributed by atoms with van der Waals surface area (Å²) in [6.45, 7) is 8.71. The molecule has 2 aromatic rings. The van der Waals surface area contributed by atoms with E-state index in [0.29, 0.717) is 12.4 Å². The molecule has 1 atom stereocenters. The minimum Gasteiger partial charge on any atom is -0.497 e. The van der Waals surface area contributed by atoms with E-state index in [0.717, 1.165) is 11.5 Å². The van der Waals surface area contributed by atoms with Gasteiger partial charge in [-0.3, -0.25) is 4.79 Å². The Kier molecular flexibility index (Phi) is 7.11. The summed E-state index contributed by atoms with van der Waals surface area (Å²) in [4.78, 5) is 12.0. The van der Waals surface area contributed by atoms with Crippen LogP contribution < -0.4 is 19.5 Å². The number of methoxy groups -OCH3 is 1. The molecular weight excluding hydrogens is 342 g/mol. The van der Waals surface area contributed by atoms with E-state index in [1.54, 1.807) is 7.11 Å². The topological polar surface area (TPSA) is 56.8 Å². The molecule has 0 fully saturated rings. The van der Waals surface area contributed by atoms with E-state index in [1.165, 1.54) is 5.56 Å². The number of nitrogens with one attached hydrogen (secondary N) is 1. The summed E-state index contributed by atoms with van der Waals surface area (Å²) < 4.78 is 16.3. The number of hydrogen-bond acceptors (Lipinski definition) is 4. The van der Waals surface area contributed by atoms with Gasteiger partial charge in [0.2, 0.25) is 0 Å². The summed E-state index contributed by atoms with van der Waals surface area (Å²) in [5, 5.41) is 2.86. The lowest BCUT2D eigenvalue weighted by Gasteiger charge is -2.19. The van der Waals surface area contributed by atoms with E-state index in [4.69, 9.17) is 14.2 Å². The van der Waals surface area contributed by atoms with Gasteiger partial charge in [0.1, 0.15) is 23.9 Å². The Morgan fingerprint density at radius 1 is 0.926 bits per heavy atom. The number of carbonyl (C=O) groups excluding carboxylic acids is 1. The Labute approximate surface area is 161 Å². The van der Waals surface area contributed by atoms with Gasteiger partial charge < -0.3 is 19.5 Å². The average molecular weight is 371 g/mol. The van der Waals surface area contributed by atoms with Crippen LogP contribution in [0.5, 0.6) is 17.2 Å². The molecule has 0 spiro atoms. The number of rotatable bonds is 8. The molecule has 27 heavy (non-hydrogen) atoms. The van der Waals surface area contributed by atoms with Crippen molar-refractivity contribution in [1.82, 2.24) is 5.32 Å². The molecule has 0 bridgehead atoms. The van der Waals surface area contributed by atoms with Crippen molar-refractivity contribution in [3.63, 3.8) is 0 Å². The number of carbonyl (C=O) groups is 1. The Hall–Kier alpha value is -2.69. The minimum absolute atomic E-state index is 0.0261. The highest BCUT2D eigenvalue weighted by Gasteiger charge is 2.13. The highest BCUT2D eigenvalue weighted by atomic mass is 16.5. The van der Waals surface area contributed by atoms with E-state index < -0.39 is 0 Å². The molecule has 0 saturated heterocycles. The first-order valence-corrected chi connectivity index (χ1v) is 9.07. The van der Waals surface area contributed by atoms with E-state index >= 15 is 0 Å². The second-order valence-corrected chi connectivity index (χ2v) is 7.52. The van der Waals surface area contributed by atoms with Gasteiger partial charge in [-0.25, -0.2) is 0 Å². The number of ether oxygens (including phenoxy) is 3. The van der Waals surface area contributed by atoms with Crippen molar-refractivity contribution in [3.05, 3.63) is 54.1 Å². The maximum Gasteiger partial charge on any atom is 0.258 e. The normalized spacial score (nSPS) is 12.2. The van der Waals surface area contributed by atoms with Gasteiger partial charge >= 0.3 is 0 Å². The molecule has 5 heteroatoms. The van der Waals surface area contributed by atoms with Crippen LogP contribution in [0.25, 0.3) is 0 Å². The highest BCUT2D eigenvalue weighted by molar-refractivity contribution is 5.77. The van der Waals surface area contributed by atoms with Gasteiger partial charge in [-0.1, -0.05) is 32.9 Å². The Morgan fingerprint density at radius 2 is 1.44 bits per heavy atom. The van der Waals surface area contributed by atoms with Crippen molar-refractivity contribution in [2.75, 3.05) is 20.3 Å². The molecule has 2 aromatic carbocycles. The zero-order valence-electron chi connectivity index (χ0n) is 16.7. The summed E-state index contributed by atoms with van der Waals surface area (Å²) in [5.74, 6) is 2.00. The quantitative estimate of drug-likeness (QED) is 0.763. The number of amides is 1. The first-order chi connectivity index (χ1) is 12.8. The molecule has 0 heterocycles. The molecule has 0 aliphatic heterocycles. The largest absolute Gasteiger partial charge is 0.497 e. The Balaban J connectivity index is 1.72. The molecule has 0 aliphatic carbocycles. The molecular formula is C22H29NO4. The smallest absolute Gasteiger partial charge is 0.258 e. The minimum atomic E-state index is -0.180. The summed E-state index contributed by atoms with van der Waals surface area (Å²) in [6, 6.07) is 15.0. The standard InChI is InChI=1S/C22H29NO4/c1-16(14-26-20-12-10-18(25-5)11-13-20)23-21(24)15-27-19-8-6-17(7-9-19)22(2,3)4/h6-13,16H,14-15H2,1-5H3,(H,23,24). The third-order valence-corrected chi connectivity index (χ3v) is 4.06. The monoisotopic (exact) mass is 371 g/mol. The second kappa shape index (κ2) is 9.31. The van der Waals surface area contributed by atoms with Gasteiger partial charge in [0.15, 0.2) is 6.61 Å². The van der Waals surface area contributed by atoms with Crippen LogP contribution >= 0.6 is 0 Å². The Bertz CT molecular complexity index is 717. The van der Waals surface area contributed by atoms with Crippen molar-refractivity contribution in [1.29, 1.82) is 0 Å². The zero-order chi connectivity index (χ0) is 19.9. The lowest BCUT2D eigenvalue weighted by Crippen LogP contribution is -2.39. The third kappa shape index (κ3) is 6.85. The van der Waals surface area contributed by atoms with Crippen LogP contribution in [0, 0.1) is 0 Å². The highest BCUT2D eigenvalue weighted by Crippen LogP contribution is 2.24. The van der Waals surface area contributed by atoms with Crippen LogP contribution in [-0.4, -0.2) is 32.3 Å². The van der Waals surface area contributed by atoms with E-state index in [-0.39, 0.29) is 24.0 Å². The fourth-order valence-electron chi connectivity index (χ4n) is 2.45. The molecule has 0 aliphatic rings. The van der Waals surface area contributed by atoms with Crippen LogP contribution in [0.15, 0.2) is 48.5 Å². The maximum atomic E-state index is 12.0. The van der Waals surface area contributed by atoms with Crippen molar-refractivity contribution in [3.8, 4) is 17.2 Å². The molecule has 146 valence electrons. The average Bonchev–Trinajstić information content (AvgIpc) is 2.65. The molecule has 1 unspecified atom stereocenters. The summed E-state index contributed by atoms with van der Waals surface area (Å²) in [5.41, 5.74) is 1.32. The first kappa shape index (κ1) is 20.6. The molecule has 1 amide bonds. The van der Waals surface area contributed by atoms with E-state index in [1.807, 2.05) is 55.5 Å². The lowest BCUT2D eigenvalue weighted by atomic mass is 9.87. The van der Waals surface area contributed by atoms with Crippen LogP contribution in [0.1, 0.15) is 33.3 Å². The van der Waals surface area contributed by atoms with Crippen LogP contribution in [0.4, 0.5) is 0 Å². The van der Waals surface area contributed by atoms with Gasteiger partial charge in [0, 0.05) is 0 Å². The lowest BCUT2D eigenvalue weighted by molar-refractivity contribution is -0.123. The van der Waals surface area contributed by atoms with E-state index in [9.17, 15) is 4.79 Å². The third-order valence-electron chi connectivity index (χ3n) is 4.06. The van der Waals surface area contributed by atoms with Crippen molar-refractivity contribution in [2.24, 2.45) is 0 Å². The first-order valence-electron chi connectivity index (χ1n) is 9.07. The molecule has 0 aromatic heterocycles. The summed E-state index contributed by atoms with van der Waals surface area (Å²) in [6.07, 6.45) is 0. The fraction of sp³-hybridized carbons (Fsp3) is 0.409. The predicted molar refractivity (Wildman–Crippen MR) is 107 cm³/mol. The predicted octanol–water partition coefficient (Wildman–Crippen LogP) is 3.96. The van der Waals surface area contributed by atoms with Crippen LogP contribution in [0.2, 0.25) is 0 Å². The van der Waals surface area contributed by atoms with Crippen LogP contribution in [0.3, 0.4) is 0 Å². The van der Waals surface area contributed by atoms with Gasteiger partial charge in [0.25, 0.3) is 5.91 Å². The second-order valence-electron chi connectivity index (χ2n) is 7.52. The maximum absolute atomic E-state index is 12.0. The number of benzene rings is 2.